The molecule has 0 unspecified atom stereocenters. The summed E-state index contributed by atoms with van der Waals surface area (Å²) in [4.78, 5) is 12.8. The molecule has 0 aliphatic heterocycles. The largest absolute Gasteiger partial charge is 0.492 e. The van der Waals surface area contributed by atoms with Gasteiger partial charge in [-0.15, -0.1) is 11.3 Å². The van der Waals surface area contributed by atoms with Crippen molar-refractivity contribution in [2.24, 2.45) is 5.10 Å². The summed E-state index contributed by atoms with van der Waals surface area (Å²) in [6, 6.07) is 8.92. The monoisotopic (exact) mass is 448 g/mol. The van der Waals surface area contributed by atoms with Gasteiger partial charge in [0, 0.05) is 11.4 Å². The minimum Gasteiger partial charge on any atom is -0.492 e. The van der Waals surface area contributed by atoms with Gasteiger partial charge in [-0.1, -0.05) is 23.2 Å². The predicted molar refractivity (Wildman–Crippen MR) is 104 cm³/mol. The lowest BCUT2D eigenvalue weighted by Crippen LogP contribution is -2.19. The van der Waals surface area contributed by atoms with E-state index < -0.39 is 0 Å². The van der Waals surface area contributed by atoms with Crippen molar-refractivity contribution < 1.29 is 9.53 Å². The first-order chi connectivity index (χ1) is 11.5. The van der Waals surface area contributed by atoms with Gasteiger partial charge in [0.05, 0.1) is 26.0 Å². The van der Waals surface area contributed by atoms with Crippen molar-refractivity contribution in [3.8, 4) is 5.75 Å². The first kappa shape index (κ1) is 19.2. The van der Waals surface area contributed by atoms with Crippen LogP contribution in [0.4, 0.5) is 0 Å². The van der Waals surface area contributed by atoms with E-state index in [2.05, 4.69) is 26.5 Å². The molecule has 2 rings (SSSR count). The van der Waals surface area contributed by atoms with Gasteiger partial charge in [0.1, 0.15) is 5.75 Å². The number of thiophene rings is 1. The number of hydrazone groups is 1. The smallest absolute Gasteiger partial charge is 0.240 e. The Balaban J connectivity index is 1.71. The summed E-state index contributed by atoms with van der Waals surface area (Å²) >= 11 is 16.8. The van der Waals surface area contributed by atoms with E-state index in [1.165, 1.54) is 0 Å². The molecule has 128 valence electrons. The van der Waals surface area contributed by atoms with E-state index in [0.717, 1.165) is 14.4 Å². The van der Waals surface area contributed by atoms with Crippen LogP contribution in [-0.4, -0.2) is 18.2 Å². The van der Waals surface area contributed by atoms with Gasteiger partial charge in [0.15, 0.2) is 0 Å². The van der Waals surface area contributed by atoms with E-state index >= 15 is 0 Å². The molecule has 1 amide bonds. The number of benzene rings is 1. The molecule has 2 aromatic rings. The molecule has 1 aromatic carbocycles. The van der Waals surface area contributed by atoms with Crippen LogP contribution < -0.4 is 10.2 Å². The van der Waals surface area contributed by atoms with Crippen molar-refractivity contribution in [3.63, 3.8) is 0 Å². The molecule has 1 heterocycles. The zero-order chi connectivity index (χ0) is 17.5. The van der Waals surface area contributed by atoms with Gasteiger partial charge in [-0.3, -0.25) is 4.79 Å². The van der Waals surface area contributed by atoms with E-state index in [1.807, 2.05) is 19.1 Å². The predicted octanol–water partition coefficient (Wildman–Crippen LogP) is 5.52. The maximum Gasteiger partial charge on any atom is 0.240 e. The number of rotatable bonds is 7. The zero-order valence-electron chi connectivity index (χ0n) is 12.8. The van der Waals surface area contributed by atoms with Gasteiger partial charge in [0.25, 0.3) is 0 Å². The molecule has 0 saturated carbocycles. The van der Waals surface area contributed by atoms with E-state index in [0.29, 0.717) is 35.2 Å². The summed E-state index contributed by atoms with van der Waals surface area (Å²) in [5, 5.41) is 5.10. The summed E-state index contributed by atoms with van der Waals surface area (Å²) in [6.07, 6.45) is 0.875. The topological polar surface area (TPSA) is 50.7 Å². The molecule has 24 heavy (non-hydrogen) atoms. The number of carbonyl (C=O) groups is 1. The third kappa shape index (κ3) is 6.09. The molecule has 8 heteroatoms. The fourth-order valence-corrected chi connectivity index (χ4v) is 3.57. The third-order valence-corrected chi connectivity index (χ3v) is 5.24. The summed E-state index contributed by atoms with van der Waals surface area (Å²) in [6.45, 7) is 2.24. The molecule has 0 bridgehead atoms. The number of hydrogen-bond donors (Lipinski definition) is 1. The highest BCUT2D eigenvalue weighted by molar-refractivity contribution is 9.11. The minimum atomic E-state index is -0.157. The van der Waals surface area contributed by atoms with E-state index in [9.17, 15) is 4.79 Å². The van der Waals surface area contributed by atoms with Crippen LogP contribution in [0.2, 0.25) is 10.0 Å². The number of amides is 1. The highest BCUT2D eigenvalue weighted by atomic mass is 79.9. The Morgan fingerprint density at radius 1 is 1.33 bits per heavy atom. The van der Waals surface area contributed by atoms with Gasteiger partial charge >= 0.3 is 0 Å². The Kier molecular flexibility index (Phi) is 7.55. The van der Waals surface area contributed by atoms with Crippen LogP contribution in [0.15, 0.2) is 39.2 Å². The van der Waals surface area contributed by atoms with Crippen LogP contribution in [0.5, 0.6) is 5.75 Å². The summed E-state index contributed by atoms with van der Waals surface area (Å²) in [7, 11) is 0. The highest BCUT2D eigenvalue weighted by Crippen LogP contribution is 2.27. The van der Waals surface area contributed by atoms with Crippen LogP contribution in [0.25, 0.3) is 0 Å². The highest BCUT2D eigenvalue weighted by Gasteiger charge is 2.05. The van der Waals surface area contributed by atoms with E-state index in [-0.39, 0.29) is 5.91 Å². The Labute approximate surface area is 162 Å². The molecule has 0 saturated heterocycles. The van der Waals surface area contributed by atoms with Crippen LogP contribution in [-0.2, 0) is 4.79 Å². The second-order valence-electron chi connectivity index (χ2n) is 4.86. The van der Waals surface area contributed by atoms with E-state index in [1.54, 1.807) is 29.5 Å². The van der Waals surface area contributed by atoms with Crippen LogP contribution in [0, 0.1) is 0 Å². The van der Waals surface area contributed by atoms with Crippen molar-refractivity contribution >= 4 is 62.1 Å². The minimum absolute atomic E-state index is 0.157. The normalized spacial score (nSPS) is 11.4. The van der Waals surface area contributed by atoms with Crippen molar-refractivity contribution in [2.75, 3.05) is 6.61 Å². The van der Waals surface area contributed by atoms with Gasteiger partial charge in [-0.05, 0) is 59.6 Å². The first-order valence-electron chi connectivity index (χ1n) is 7.12. The van der Waals surface area contributed by atoms with Gasteiger partial charge in [0.2, 0.25) is 5.91 Å². The van der Waals surface area contributed by atoms with Crippen molar-refractivity contribution in [1.29, 1.82) is 0 Å². The molecular formula is C16H15BrCl2N2O2S. The lowest BCUT2D eigenvalue weighted by Gasteiger charge is -2.07. The molecule has 1 N–H and O–H groups in total. The molecule has 0 fully saturated rings. The number of ether oxygens (including phenoxy) is 1. The lowest BCUT2D eigenvalue weighted by atomic mass is 10.3. The van der Waals surface area contributed by atoms with Crippen molar-refractivity contribution in [1.82, 2.24) is 5.43 Å². The maximum absolute atomic E-state index is 11.8. The molecule has 0 aliphatic carbocycles. The maximum atomic E-state index is 11.8. The molecule has 0 spiro atoms. The van der Waals surface area contributed by atoms with Gasteiger partial charge in [-0.2, -0.15) is 5.10 Å². The van der Waals surface area contributed by atoms with Crippen LogP contribution in [0.1, 0.15) is 24.6 Å². The molecular weight excluding hydrogens is 435 g/mol. The second-order valence-corrected chi connectivity index (χ2v) is 8.17. The number of nitrogens with zero attached hydrogens (tertiary/aromatic N) is 1. The Morgan fingerprint density at radius 2 is 2.12 bits per heavy atom. The number of hydrogen-bond acceptors (Lipinski definition) is 4. The zero-order valence-corrected chi connectivity index (χ0v) is 16.7. The fourth-order valence-electron chi connectivity index (χ4n) is 1.77. The van der Waals surface area contributed by atoms with Gasteiger partial charge in [-0.25, -0.2) is 5.43 Å². The standard InChI is InChI=1S/C16H15BrCl2N2O2S/c1-10(14-6-7-15(17)24-14)20-21-16(22)3-2-8-23-13-5-4-11(18)9-12(13)19/h4-7,9H,2-3,8H2,1H3,(H,21,22). The average Bonchev–Trinajstić information content (AvgIpc) is 2.97. The molecule has 0 aliphatic rings. The van der Waals surface area contributed by atoms with Crippen molar-refractivity contribution in [3.05, 3.63) is 49.0 Å². The molecule has 0 radical (unpaired) electrons. The van der Waals surface area contributed by atoms with E-state index in [4.69, 9.17) is 27.9 Å². The first-order valence-corrected chi connectivity index (χ1v) is 9.49. The van der Waals surface area contributed by atoms with Crippen LogP contribution >= 0.6 is 50.5 Å². The van der Waals surface area contributed by atoms with Crippen LogP contribution in [0.3, 0.4) is 0 Å². The molecule has 4 nitrogen and oxygen atoms in total. The SMILES string of the molecule is CC(=NNC(=O)CCCOc1ccc(Cl)cc1Cl)c1ccc(Br)s1. The Hall–Kier alpha value is -1.08. The number of halogens is 3. The average molecular weight is 450 g/mol. The second kappa shape index (κ2) is 9.42. The Morgan fingerprint density at radius 3 is 2.79 bits per heavy atom. The Bertz CT molecular complexity index is 749. The summed E-state index contributed by atoms with van der Waals surface area (Å²) in [5.41, 5.74) is 3.32. The quantitative estimate of drug-likeness (QED) is 0.343. The van der Waals surface area contributed by atoms with Gasteiger partial charge < -0.3 is 4.74 Å². The summed E-state index contributed by atoms with van der Waals surface area (Å²) < 4.78 is 6.55. The van der Waals surface area contributed by atoms with Crippen molar-refractivity contribution in [2.45, 2.75) is 19.8 Å². The molecule has 0 atom stereocenters. The number of nitrogens with one attached hydrogen (secondary N) is 1. The fraction of sp³-hybridized carbons (Fsp3) is 0.250. The number of carbonyl (C=O) groups excluding carboxylic acids is 1. The third-order valence-electron chi connectivity index (χ3n) is 2.98. The summed E-state index contributed by atoms with van der Waals surface area (Å²) in [5.74, 6) is 0.398. The lowest BCUT2D eigenvalue weighted by molar-refractivity contribution is -0.121. The molecule has 1 aromatic heterocycles.